The van der Waals surface area contributed by atoms with Crippen molar-refractivity contribution >= 4 is 11.6 Å². The molecule has 0 radical (unpaired) electrons. The highest BCUT2D eigenvalue weighted by atomic mass is 19.4. The van der Waals surface area contributed by atoms with Crippen molar-refractivity contribution in [3.63, 3.8) is 0 Å². The smallest absolute Gasteiger partial charge is 0.379 e. The Bertz CT molecular complexity index is 945. The number of morpholine rings is 1. The largest absolute Gasteiger partial charge is 0.416 e. The predicted octanol–water partition coefficient (Wildman–Crippen LogP) is 3.68. The number of hydrogen-bond acceptors (Lipinski definition) is 5. The molecule has 190 valence electrons. The molecule has 2 aliphatic heterocycles. The molecule has 4 rings (SSSR count). The van der Waals surface area contributed by atoms with Crippen molar-refractivity contribution in [2.24, 2.45) is 0 Å². The van der Waals surface area contributed by atoms with Crippen molar-refractivity contribution in [2.75, 3.05) is 64.3 Å². The van der Waals surface area contributed by atoms with Crippen LogP contribution in [0.15, 0.2) is 48.5 Å². The topological polar surface area (TPSA) is 48.1 Å². The third-order valence-corrected chi connectivity index (χ3v) is 6.48. The van der Waals surface area contributed by atoms with Crippen LogP contribution in [0.1, 0.15) is 23.1 Å². The number of hydrogen-bond donors (Lipinski definition) is 1. The van der Waals surface area contributed by atoms with E-state index in [0.717, 1.165) is 88.8 Å². The van der Waals surface area contributed by atoms with Gasteiger partial charge in [0.15, 0.2) is 0 Å². The molecule has 0 bridgehead atoms. The van der Waals surface area contributed by atoms with Crippen molar-refractivity contribution in [2.45, 2.75) is 25.7 Å². The summed E-state index contributed by atoms with van der Waals surface area (Å²) in [6.07, 6.45) is -3.41. The Labute approximate surface area is 204 Å². The molecule has 0 atom stereocenters. The van der Waals surface area contributed by atoms with Crippen LogP contribution in [0.2, 0.25) is 0 Å². The number of alkyl halides is 3. The number of ether oxygens (including phenoxy) is 1. The summed E-state index contributed by atoms with van der Waals surface area (Å²) < 4.78 is 43.7. The second-order valence-electron chi connectivity index (χ2n) is 9.23. The number of benzene rings is 2. The quantitative estimate of drug-likeness (QED) is 0.642. The average molecular weight is 491 g/mol. The number of carbonyl (C=O) groups is 1. The molecule has 9 heteroatoms. The maximum atomic E-state index is 12.8. The van der Waals surface area contributed by atoms with Gasteiger partial charge in [-0.05, 0) is 54.9 Å². The average Bonchev–Trinajstić information content (AvgIpc) is 3.05. The standard InChI is InChI=1S/C26H33F3N4O2/c27-26(28,29)23-6-2-21(3-7-23)18-31-10-1-11-32(13-12-31)20-25(34)30-24-8-4-22(5-9-24)19-33-14-16-35-17-15-33/h2-9H,1,10-20H2,(H,30,34). The summed E-state index contributed by atoms with van der Waals surface area (Å²) >= 11 is 0. The van der Waals surface area contributed by atoms with E-state index in [-0.39, 0.29) is 5.91 Å². The zero-order valence-electron chi connectivity index (χ0n) is 19.9. The Hall–Kier alpha value is -2.46. The maximum Gasteiger partial charge on any atom is 0.416 e. The van der Waals surface area contributed by atoms with E-state index in [1.54, 1.807) is 12.1 Å². The van der Waals surface area contributed by atoms with Gasteiger partial charge in [0.25, 0.3) is 0 Å². The Kier molecular flexibility index (Phi) is 8.78. The molecule has 6 nitrogen and oxygen atoms in total. The molecule has 2 aromatic rings. The molecule has 2 fully saturated rings. The number of rotatable bonds is 7. The molecule has 0 unspecified atom stereocenters. The third-order valence-electron chi connectivity index (χ3n) is 6.48. The van der Waals surface area contributed by atoms with E-state index in [2.05, 4.69) is 32.1 Å². The van der Waals surface area contributed by atoms with Crippen LogP contribution in [0.3, 0.4) is 0 Å². The van der Waals surface area contributed by atoms with Gasteiger partial charge in [-0.2, -0.15) is 13.2 Å². The monoisotopic (exact) mass is 490 g/mol. The molecule has 1 amide bonds. The van der Waals surface area contributed by atoms with Crippen LogP contribution in [-0.2, 0) is 28.8 Å². The van der Waals surface area contributed by atoms with Crippen LogP contribution < -0.4 is 5.32 Å². The lowest BCUT2D eigenvalue weighted by molar-refractivity contribution is -0.137. The summed E-state index contributed by atoms with van der Waals surface area (Å²) in [7, 11) is 0. The van der Waals surface area contributed by atoms with Crippen molar-refractivity contribution in [3.05, 3.63) is 65.2 Å². The van der Waals surface area contributed by atoms with Gasteiger partial charge in [-0.25, -0.2) is 0 Å². The summed E-state index contributed by atoms with van der Waals surface area (Å²) in [5.41, 5.74) is 2.24. The number of nitrogens with zero attached hydrogens (tertiary/aromatic N) is 3. The van der Waals surface area contributed by atoms with Crippen LogP contribution in [0.25, 0.3) is 0 Å². The molecule has 0 saturated carbocycles. The normalized spacial score (nSPS) is 18.8. The summed E-state index contributed by atoms with van der Waals surface area (Å²) in [5, 5.41) is 2.99. The lowest BCUT2D eigenvalue weighted by atomic mass is 10.1. The van der Waals surface area contributed by atoms with Crippen molar-refractivity contribution < 1.29 is 22.7 Å². The van der Waals surface area contributed by atoms with Gasteiger partial charge in [0.05, 0.1) is 25.3 Å². The molecule has 0 aromatic heterocycles. The van der Waals surface area contributed by atoms with Crippen LogP contribution in [0, 0.1) is 0 Å². The highest BCUT2D eigenvalue weighted by molar-refractivity contribution is 5.92. The number of nitrogens with one attached hydrogen (secondary N) is 1. The van der Waals surface area contributed by atoms with E-state index in [0.29, 0.717) is 13.1 Å². The first-order valence-corrected chi connectivity index (χ1v) is 12.1. The Balaban J connectivity index is 1.20. The molecular formula is C26H33F3N4O2. The SMILES string of the molecule is O=C(CN1CCCN(Cc2ccc(C(F)(F)F)cc2)CC1)Nc1ccc(CN2CCOCC2)cc1. The maximum absolute atomic E-state index is 12.8. The van der Waals surface area contributed by atoms with E-state index in [1.807, 2.05) is 12.1 Å². The van der Waals surface area contributed by atoms with Gasteiger partial charge in [0.1, 0.15) is 0 Å². The van der Waals surface area contributed by atoms with Crippen molar-refractivity contribution in [1.29, 1.82) is 0 Å². The first-order chi connectivity index (χ1) is 16.8. The molecule has 2 heterocycles. The van der Waals surface area contributed by atoms with Gasteiger partial charge in [0, 0.05) is 45.0 Å². The predicted molar refractivity (Wildman–Crippen MR) is 129 cm³/mol. The van der Waals surface area contributed by atoms with Crippen LogP contribution >= 0.6 is 0 Å². The molecular weight excluding hydrogens is 457 g/mol. The first kappa shape index (κ1) is 25.6. The minimum Gasteiger partial charge on any atom is -0.379 e. The van der Waals surface area contributed by atoms with Gasteiger partial charge < -0.3 is 10.1 Å². The minimum atomic E-state index is -4.31. The molecule has 2 aliphatic rings. The van der Waals surface area contributed by atoms with Crippen molar-refractivity contribution in [1.82, 2.24) is 14.7 Å². The summed E-state index contributed by atoms with van der Waals surface area (Å²) in [5.74, 6) is -0.0397. The zero-order chi connectivity index (χ0) is 24.7. The molecule has 0 aliphatic carbocycles. The van der Waals surface area contributed by atoms with E-state index >= 15 is 0 Å². The Morgan fingerprint density at radius 3 is 1.94 bits per heavy atom. The summed E-state index contributed by atoms with van der Waals surface area (Å²) in [6, 6.07) is 13.4. The second kappa shape index (κ2) is 12.0. The van der Waals surface area contributed by atoms with Gasteiger partial charge in [-0.1, -0.05) is 24.3 Å². The molecule has 35 heavy (non-hydrogen) atoms. The van der Waals surface area contributed by atoms with Crippen LogP contribution in [-0.4, -0.2) is 79.6 Å². The Morgan fingerprint density at radius 1 is 0.771 bits per heavy atom. The fraction of sp³-hybridized carbons (Fsp3) is 0.500. The highest BCUT2D eigenvalue weighted by Gasteiger charge is 2.30. The molecule has 0 spiro atoms. The number of halogens is 3. The molecule has 2 aromatic carbocycles. The fourth-order valence-electron chi connectivity index (χ4n) is 4.51. The minimum absolute atomic E-state index is 0.0397. The lowest BCUT2D eigenvalue weighted by Gasteiger charge is -2.26. The molecule has 2 saturated heterocycles. The number of amides is 1. The second-order valence-corrected chi connectivity index (χ2v) is 9.23. The molecule has 1 N–H and O–H groups in total. The van der Waals surface area contributed by atoms with E-state index in [4.69, 9.17) is 4.74 Å². The third kappa shape index (κ3) is 8.03. The summed E-state index contributed by atoms with van der Waals surface area (Å²) in [6.45, 7) is 8.42. The van der Waals surface area contributed by atoms with E-state index in [1.165, 1.54) is 5.56 Å². The van der Waals surface area contributed by atoms with Gasteiger partial charge >= 0.3 is 6.18 Å². The number of carbonyl (C=O) groups excluding carboxylic acids is 1. The summed E-state index contributed by atoms with van der Waals surface area (Å²) in [4.78, 5) is 19.3. The van der Waals surface area contributed by atoms with E-state index < -0.39 is 11.7 Å². The first-order valence-electron chi connectivity index (χ1n) is 12.1. The van der Waals surface area contributed by atoms with Crippen LogP contribution in [0.4, 0.5) is 18.9 Å². The van der Waals surface area contributed by atoms with E-state index in [9.17, 15) is 18.0 Å². The highest BCUT2D eigenvalue weighted by Crippen LogP contribution is 2.29. The van der Waals surface area contributed by atoms with Gasteiger partial charge in [0.2, 0.25) is 5.91 Å². The Morgan fingerprint density at radius 2 is 1.31 bits per heavy atom. The van der Waals surface area contributed by atoms with Gasteiger partial charge in [-0.15, -0.1) is 0 Å². The fourth-order valence-corrected chi connectivity index (χ4v) is 4.51. The zero-order valence-corrected chi connectivity index (χ0v) is 19.9. The number of anilines is 1. The lowest BCUT2D eigenvalue weighted by Crippen LogP contribution is -2.36. The van der Waals surface area contributed by atoms with Gasteiger partial charge in [-0.3, -0.25) is 19.5 Å². The van der Waals surface area contributed by atoms with Crippen LogP contribution in [0.5, 0.6) is 0 Å². The van der Waals surface area contributed by atoms with Crippen molar-refractivity contribution in [3.8, 4) is 0 Å².